The smallest absolute Gasteiger partial charge is 0.0561 e. The van der Waals surface area contributed by atoms with Crippen LogP contribution in [0.1, 0.15) is 39.0 Å². The van der Waals surface area contributed by atoms with E-state index in [0.29, 0.717) is 12.1 Å². The van der Waals surface area contributed by atoms with Crippen molar-refractivity contribution in [1.29, 1.82) is 0 Å². The Morgan fingerprint density at radius 2 is 1.68 bits per heavy atom. The summed E-state index contributed by atoms with van der Waals surface area (Å²) in [4.78, 5) is 5.41. The minimum atomic E-state index is 0.449. The van der Waals surface area contributed by atoms with Gasteiger partial charge in [0, 0.05) is 37.8 Å². The van der Waals surface area contributed by atoms with Crippen molar-refractivity contribution >= 4 is 0 Å². The molecule has 3 aliphatic heterocycles. The highest BCUT2D eigenvalue weighted by Gasteiger charge is 2.34. The molecule has 0 bridgehead atoms. The summed E-state index contributed by atoms with van der Waals surface area (Å²) in [6.07, 6.45) is 6.61. The minimum Gasteiger partial charge on any atom is -0.378 e. The Balaban J connectivity index is 1.49. The second kappa shape index (κ2) is 6.08. The molecule has 3 atom stereocenters. The van der Waals surface area contributed by atoms with Crippen molar-refractivity contribution in [3.8, 4) is 0 Å². The summed E-state index contributed by atoms with van der Waals surface area (Å²) in [6.45, 7) is 8.14. The van der Waals surface area contributed by atoms with Crippen molar-refractivity contribution in [2.24, 2.45) is 5.73 Å². The molecular weight excluding hydrogens is 238 g/mol. The van der Waals surface area contributed by atoms with Crippen LogP contribution in [0.3, 0.4) is 0 Å². The summed E-state index contributed by atoms with van der Waals surface area (Å²) in [6, 6.07) is 2.00. The van der Waals surface area contributed by atoms with E-state index in [4.69, 9.17) is 10.5 Å². The van der Waals surface area contributed by atoms with Crippen LogP contribution in [0.25, 0.3) is 0 Å². The highest BCUT2D eigenvalue weighted by Crippen LogP contribution is 2.26. The van der Waals surface area contributed by atoms with Gasteiger partial charge < -0.3 is 10.5 Å². The zero-order chi connectivity index (χ0) is 13.2. The molecule has 2 N–H and O–H groups in total. The van der Waals surface area contributed by atoms with Crippen molar-refractivity contribution in [2.75, 3.05) is 32.8 Å². The molecule has 3 heterocycles. The fraction of sp³-hybridized carbons (Fsp3) is 1.00. The van der Waals surface area contributed by atoms with Crippen molar-refractivity contribution in [1.82, 2.24) is 9.80 Å². The molecule has 3 unspecified atom stereocenters. The van der Waals surface area contributed by atoms with E-state index in [-0.39, 0.29) is 0 Å². The van der Waals surface area contributed by atoms with Gasteiger partial charge in [0.1, 0.15) is 0 Å². The predicted molar refractivity (Wildman–Crippen MR) is 77.2 cm³/mol. The molecule has 3 saturated heterocycles. The Morgan fingerprint density at radius 1 is 0.947 bits per heavy atom. The van der Waals surface area contributed by atoms with E-state index in [1.165, 1.54) is 58.3 Å². The monoisotopic (exact) mass is 267 g/mol. The van der Waals surface area contributed by atoms with Crippen LogP contribution in [0.2, 0.25) is 0 Å². The third kappa shape index (κ3) is 3.30. The third-order valence-electron chi connectivity index (χ3n) is 5.26. The lowest BCUT2D eigenvalue weighted by Gasteiger charge is -2.37. The number of ether oxygens (including phenoxy) is 1. The molecular formula is C15H29N3O. The summed E-state index contributed by atoms with van der Waals surface area (Å²) in [5, 5.41) is 0. The largest absolute Gasteiger partial charge is 0.378 e. The molecule has 4 heteroatoms. The van der Waals surface area contributed by atoms with E-state index in [0.717, 1.165) is 18.7 Å². The first-order chi connectivity index (χ1) is 9.22. The van der Waals surface area contributed by atoms with Crippen molar-refractivity contribution in [2.45, 2.75) is 63.3 Å². The Hall–Kier alpha value is -0.160. The molecule has 3 fully saturated rings. The summed E-state index contributed by atoms with van der Waals surface area (Å²) < 4.78 is 5.67. The molecule has 0 aromatic carbocycles. The molecule has 0 aromatic rings. The number of nitrogens with zero attached hydrogens (tertiary/aromatic N) is 2. The highest BCUT2D eigenvalue weighted by atomic mass is 16.5. The lowest BCUT2D eigenvalue weighted by molar-refractivity contribution is -0.0138. The quantitative estimate of drug-likeness (QED) is 0.812. The highest BCUT2D eigenvalue weighted by molar-refractivity contribution is 4.90. The molecule has 19 heavy (non-hydrogen) atoms. The fourth-order valence-corrected chi connectivity index (χ4v) is 3.99. The topological polar surface area (TPSA) is 41.7 Å². The molecule has 3 aliphatic rings. The maximum atomic E-state index is 6.00. The molecule has 110 valence electrons. The summed E-state index contributed by atoms with van der Waals surface area (Å²) >= 11 is 0. The van der Waals surface area contributed by atoms with Gasteiger partial charge in [-0.15, -0.1) is 0 Å². The van der Waals surface area contributed by atoms with Gasteiger partial charge >= 0.3 is 0 Å². The third-order valence-corrected chi connectivity index (χ3v) is 5.26. The van der Waals surface area contributed by atoms with Gasteiger partial charge in [0.25, 0.3) is 0 Å². The zero-order valence-electron chi connectivity index (χ0n) is 12.3. The second-order valence-corrected chi connectivity index (χ2v) is 6.67. The van der Waals surface area contributed by atoms with Crippen LogP contribution in [0.15, 0.2) is 0 Å². The van der Waals surface area contributed by atoms with Gasteiger partial charge in [-0.2, -0.15) is 0 Å². The number of hydrogen-bond donors (Lipinski definition) is 1. The maximum absolute atomic E-state index is 6.00. The van der Waals surface area contributed by atoms with Gasteiger partial charge in [0.2, 0.25) is 0 Å². The first-order valence-corrected chi connectivity index (χ1v) is 8.07. The summed E-state index contributed by atoms with van der Waals surface area (Å²) in [5.74, 6) is 0. The van der Waals surface area contributed by atoms with Gasteiger partial charge in [-0.25, -0.2) is 0 Å². The summed E-state index contributed by atoms with van der Waals surface area (Å²) in [5.41, 5.74) is 6.00. The lowest BCUT2D eigenvalue weighted by atomic mass is 10.0. The second-order valence-electron chi connectivity index (χ2n) is 6.67. The van der Waals surface area contributed by atoms with E-state index in [1.807, 2.05) is 0 Å². The van der Waals surface area contributed by atoms with E-state index < -0.39 is 0 Å². The van der Waals surface area contributed by atoms with Crippen molar-refractivity contribution in [3.05, 3.63) is 0 Å². The molecule has 0 spiro atoms. The van der Waals surface area contributed by atoms with Crippen molar-refractivity contribution < 1.29 is 4.74 Å². The average Bonchev–Trinajstić information content (AvgIpc) is 2.89. The van der Waals surface area contributed by atoms with E-state index in [9.17, 15) is 0 Å². The molecule has 0 aliphatic carbocycles. The van der Waals surface area contributed by atoms with E-state index in [2.05, 4.69) is 16.7 Å². The molecule has 4 nitrogen and oxygen atoms in total. The van der Waals surface area contributed by atoms with Gasteiger partial charge in [-0.05, 0) is 52.1 Å². The van der Waals surface area contributed by atoms with Gasteiger partial charge in [-0.1, -0.05) is 0 Å². The average molecular weight is 267 g/mol. The lowest BCUT2D eigenvalue weighted by Crippen LogP contribution is -2.47. The Morgan fingerprint density at radius 3 is 2.42 bits per heavy atom. The standard InChI is InChI=1S/C15H29N3O/c1-12-10-14(5-9-19-12)18-8-4-15(11-18)17-6-2-13(16)3-7-17/h12-15H,2-11,16H2,1H3. The van der Waals surface area contributed by atoms with Crippen LogP contribution in [0, 0.1) is 0 Å². The molecule has 3 rings (SSSR count). The van der Waals surface area contributed by atoms with E-state index >= 15 is 0 Å². The maximum Gasteiger partial charge on any atom is 0.0561 e. The van der Waals surface area contributed by atoms with Crippen LogP contribution in [0.5, 0.6) is 0 Å². The van der Waals surface area contributed by atoms with Crippen LogP contribution in [0.4, 0.5) is 0 Å². The molecule has 0 aromatic heterocycles. The van der Waals surface area contributed by atoms with Gasteiger partial charge in [0.05, 0.1) is 6.10 Å². The normalized spacial score (nSPS) is 39.8. The summed E-state index contributed by atoms with van der Waals surface area (Å²) in [7, 11) is 0. The fourth-order valence-electron chi connectivity index (χ4n) is 3.99. The van der Waals surface area contributed by atoms with Crippen LogP contribution in [-0.4, -0.2) is 66.8 Å². The first-order valence-electron chi connectivity index (χ1n) is 8.07. The van der Waals surface area contributed by atoms with Crippen molar-refractivity contribution in [3.63, 3.8) is 0 Å². The number of likely N-dealkylation sites (tertiary alicyclic amines) is 2. The van der Waals surface area contributed by atoms with Crippen LogP contribution >= 0.6 is 0 Å². The number of rotatable bonds is 2. The van der Waals surface area contributed by atoms with E-state index in [1.54, 1.807) is 0 Å². The number of piperidine rings is 1. The predicted octanol–water partition coefficient (Wildman–Crippen LogP) is 1.05. The molecule has 0 saturated carbocycles. The Labute approximate surface area is 117 Å². The first kappa shape index (κ1) is 13.8. The zero-order valence-corrected chi connectivity index (χ0v) is 12.3. The minimum absolute atomic E-state index is 0.449. The SMILES string of the molecule is CC1CC(N2CCC(N3CCC(N)CC3)C2)CCO1. The van der Waals surface area contributed by atoms with Crippen LogP contribution in [-0.2, 0) is 4.74 Å². The van der Waals surface area contributed by atoms with Crippen LogP contribution < -0.4 is 5.73 Å². The molecule has 0 radical (unpaired) electrons. The molecule has 0 amide bonds. The Kier molecular flexibility index (Phi) is 4.42. The number of nitrogens with two attached hydrogens (primary N) is 1. The number of hydrogen-bond acceptors (Lipinski definition) is 4. The Bertz CT molecular complexity index is 291. The van der Waals surface area contributed by atoms with Gasteiger partial charge in [0.15, 0.2) is 0 Å². The van der Waals surface area contributed by atoms with Gasteiger partial charge in [-0.3, -0.25) is 9.80 Å².